The summed E-state index contributed by atoms with van der Waals surface area (Å²) in [4.78, 5) is 32.0. The number of ketones is 1. The van der Waals surface area contributed by atoms with Crippen molar-refractivity contribution in [1.82, 2.24) is 5.32 Å². The van der Waals surface area contributed by atoms with Gasteiger partial charge in [-0.15, -0.1) is 0 Å². The highest BCUT2D eigenvalue weighted by Gasteiger charge is 2.20. The fourth-order valence-corrected chi connectivity index (χ4v) is 0.784. The van der Waals surface area contributed by atoms with Crippen LogP contribution >= 0.6 is 0 Å². The van der Waals surface area contributed by atoms with Crippen molar-refractivity contribution >= 4 is 17.7 Å². The van der Waals surface area contributed by atoms with E-state index >= 15 is 0 Å². The second kappa shape index (κ2) is 5.29. The second-order valence-corrected chi connectivity index (χ2v) is 2.72. The van der Waals surface area contributed by atoms with Gasteiger partial charge in [0.25, 0.3) is 0 Å². The summed E-state index contributed by atoms with van der Waals surface area (Å²) in [5.74, 6) is -1.81. The molecule has 5 nitrogen and oxygen atoms in total. The van der Waals surface area contributed by atoms with Gasteiger partial charge in [-0.2, -0.15) is 0 Å². The molecule has 0 spiro atoms. The van der Waals surface area contributed by atoms with Crippen LogP contribution in [0.4, 0.5) is 0 Å². The molecule has 5 heteroatoms. The molecular weight excluding hydrogens is 174 g/mol. The Kier molecular flexibility index (Phi) is 4.72. The first-order valence-electron chi connectivity index (χ1n) is 3.99. The third-order valence-electron chi connectivity index (χ3n) is 1.45. The Bertz CT molecular complexity index is 224. The lowest BCUT2D eigenvalue weighted by atomic mass is 10.1. The van der Waals surface area contributed by atoms with E-state index in [9.17, 15) is 14.4 Å². The quantitative estimate of drug-likeness (QED) is 0.631. The van der Waals surface area contributed by atoms with Gasteiger partial charge < -0.3 is 10.4 Å². The van der Waals surface area contributed by atoms with Crippen LogP contribution in [0.5, 0.6) is 0 Å². The van der Waals surface area contributed by atoms with Gasteiger partial charge in [0.15, 0.2) is 0 Å². The Morgan fingerprint density at radius 3 is 2.23 bits per heavy atom. The molecule has 1 atom stereocenters. The first kappa shape index (κ1) is 11.6. The van der Waals surface area contributed by atoms with E-state index in [0.717, 1.165) is 0 Å². The summed E-state index contributed by atoms with van der Waals surface area (Å²) in [5.41, 5.74) is 0. The van der Waals surface area contributed by atoms with Crippen LogP contribution in [-0.2, 0) is 14.4 Å². The van der Waals surface area contributed by atoms with Crippen molar-refractivity contribution in [3.05, 3.63) is 0 Å². The topological polar surface area (TPSA) is 83.5 Å². The van der Waals surface area contributed by atoms with E-state index in [4.69, 9.17) is 5.11 Å². The van der Waals surface area contributed by atoms with Crippen molar-refractivity contribution in [3.8, 4) is 0 Å². The van der Waals surface area contributed by atoms with Gasteiger partial charge in [0.2, 0.25) is 5.91 Å². The monoisotopic (exact) mass is 187 g/mol. The molecule has 0 heterocycles. The molecule has 0 aromatic rings. The highest BCUT2D eigenvalue weighted by Crippen LogP contribution is 1.94. The molecule has 0 aliphatic carbocycles. The zero-order valence-electron chi connectivity index (χ0n) is 7.66. The maximum absolute atomic E-state index is 10.8. The van der Waals surface area contributed by atoms with Crippen molar-refractivity contribution in [2.45, 2.75) is 32.7 Å². The summed E-state index contributed by atoms with van der Waals surface area (Å²) in [7, 11) is 0. The number of carboxylic acids is 1. The molecule has 0 bridgehead atoms. The van der Waals surface area contributed by atoms with E-state index in [-0.39, 0.29) is 24.5 Å². The number of carbonyl (C=O) groups is 3. The summed E-state index contributed by atoms with van der Waals surface area (Å²) < 4.78 is 0. The summed E-state index contributed by atoms with van der Waals surface area (Å²) in [6.45, 7) is 2.90. The van der Waals surface area contributed by atoms with Crippen LogP contribution in [0.1, 0.15) is 26.7 Å². The molecule has 0 radical (unpaired) electrons. The molecule has 0 aromatic carbocycles. The Balaban J connectivity index is 4.18. The average Bonchev–Trinajstić information content (AvgIpc) is 2.02. The highest BCUT2D eigenvalue weighted by molar-refractivity contribution is 5.88. The van der Waals surface area contributed by atoms with Gasteiger partial charge >= 0.3 is 5.97 Å². The van der Waals surface area contributed by atoms with Crippen molar-refractivity contribution in [2.24, 2.45) is 0 Å². The number of Topliss-reactive ketones (excluding diaryl/α,β-unsaturated/α-hetero) is 1. The minimum absolute atomic E-state index is 0.166. The third kappa shape index (κ3) is 4.95. The van der Waals surface area contributed by atoms with Crippen LogP contribution < -0.4 is 5.32 Å². The number of aliphatic carboxylic acids is 1. The van der Waals surface area contributed by atoms with Gasteiger partial charge in [-0.25, -0.2) is 4.79 Å². The Labute approximate surface area is 76.1 Å². The number of amides is 1. The van der Waals surface area contributed by atoms with Gasteiger partial charge in [-0.05, 0) is 6.92 Å². The van der Waals surface area contributed by atoms with Crippen LogP contribution in [0.2, 0.25) is 0 Å². The van der Waals surface area contributed by atoms with Gasteiger partial charge in [-0.3, -0.25) is 9.59 Å². The highest BCUT2D eigenvalue weighted by atomic mass is 16.4. The molecule has 0 aliphatic rings. The van der Waals surface area contributed by atoms with Crippen molar-refractivity contribution < 1.29 is 19.5 Å². The van der Waals surface area contributed by atoms with E-state index in [1.807, 2.05) is 0 Å². The van der Waals surface area contributed by atoms with Crippen molar-refractivity contribution in [1.29, 1.82) is 0 Å². The molecule has 13 heavy (non-hydrogen) atoms. The first-order chi connectivity index (χ1) is 5.97. The third-order valence-corrected chi connectivity index (χ3v) is 1.45. The molecule has 1 amide bonds. The largest absolute Gasteiger partial charge is 0.480 e. The number of carbonyl (C=O) groups excluding carboxylic acids is 2. The summed E-state index contributed by atoms with van der Waals surface area (Å²) in [6.07, 6.45) is 0.0444. The molecule has 0 saturated carbocycles. The van der Waals surface area contributed by atoms with E-state index in [1.165, 1.54) is 6.92 Å². The zero-order chi connectivity index (χ0) is 10.4. The molecule has 0 rings (SSSR count). The molecular formula is C8H13NO4. The van der Waals surface area contributed by atoms with Crippen molar-refractivity contribution in [2.75, 3.05) is 0 Å². The maximum Gasteiger partial charge on any atom is 0.326 e. The first-order valence-corrected chi connectivity index (χ1v) is 3.99. The summed E-state index contributed by atoms with van der Waals surface area (Å²) >= 11 is 0. The van der Waals surface area contributed by atoms with Crippen LogP contribution in [0, 0.1) is 0 Å². The van der Waals surface area contributed by atoms with Gasteiger partial charge in [0, 0.05) is 12.8 Å². The molecule has 0 saturated heterocycles. The van der Waals surface area contributed by atoms with Gasteiger partial charge in [-0.1, -0.05) is 6.92 Å². The van der Waals surface area contributed by atoms with E-state index in [2.05, 4.69) is 5.32 Å². The molecule has 74 valence electrons. The summed E-state index contributed by atoms with van der Waals surface area (Å²) in [6, 6.07) is -1.09. The number of rotatable bonds is 5. The van der Waals surface area contributed by atoms with E-state index < -0.39 is 12.0 Å². The smallest absolute Gasteiger partial charge is 0.326 e. The number of nitrogens with one attached hydrogen (secondary N) is 1. The van der Waals surface area contributed by atoms with Crippen LogP contribution in [0.3, 0.4) is 0 Å². The lowest BCUT2D eigenvalue weighted by Crippen LogP contribution is -2.41. The molecule has 0 aliphatic heterocycles. The van der Waals surface area contributed by atoms with Crippen molar-refractivity contribution in [3.63, 3.8) is 0 Å². The molecule has 1 unspecified atom stereocenters. The fraction of sp³-hybridized carbons (Fsp3) is 0.625. The molecule has 0 fully saturated rings. The Morgan fingerprint density at radius 2 is 1.92 bits per heavy atom. The van der Waals surface area contributed by atoms with E-state index in [0.29, 0.717) is 0 Å². The van der Waals surface area contributed by atoms with Crippen LogP contribution in [0.25, 0.3) is 0 Å². The second-order valence-electron chi connectivity index (χ2n) is 2.72. The number of hydrogen-bond donors (Lipinski definition) is 2. The predicted molar refractivity (Wildman–Crippen MR) is 45.2 cm³/mol. The number of hydrogen-bond acceptors (Lipinski definition) is 3. The Hall–Kier alpha value is -1.39. The van der Waals surface area contributed by atoms with E-state index in [1.54, 1.807) is 6.92 Å². The van der Waals surface area contributed by atoms with Crippen LogP contribution in [0.15, 0.2) is 0 Å². The predicted octanol–water partition coefficient (Wildman–Crippen LogP) is -0.0551. The maximum atomic E-state index is 10.8. The normalized spacial score (nSPS) is 11.8. The zero-order valence-corrected chi connectivity index (χ0v) is 7.66. The average molecular weight is 187 g/mol. The minimum atomic E-state index is -1.18. The standard InChI is InChI=1S/C8H13NO4/c1-3-7(11)9-6(8(12)13)4-5(2)10/h6H,3-4H2,1-2H3,(H,9,11)(H,12,13). The molecule has 2 N–H and O–H groups in total. The van der Waals surface area contributed by atoms with Crippen LogP contribution in [-0.4, -0.2) is 28.8 Å². The Morgan fingerprint density at radius 1 is 1.38 bits per heavy atom. The lowest BCUT2D eigenvalue weighted by molar-refractivity contribution is -0.143. The summed E-state index contributed by atoms with van der Waals surface area (Å²) in [5, 5.41) is 10.8. The minimum Gasteiger partial charge on any atom is -0.480 e. The lowest BCUT2D eigenvalue weighted by Gasteiger charge is -2.11. The van der Waals surface area contributed by atoms with Gasteiger partial charge in [0.05, 0.1) is 0 Å². The van der Waals surface area contributed by atoms with Gasteiger partial charge in [0.1, 0.15) is 11.8 Å². The SMILES string of the molecule is CCC(=O)NC(CC(C)=O)C(=O)O. The fourth-order valence-electron chi connectivity index (χ4n) is 0.784. The molecule has 0 aromatic heterocycles. The number of carboxylic acid groups (broad SMARTS) is 1.